The van der Waals surface area contributed by atoms with Gasteiger partial charge in [0.2, 0.25) is 17.7 Å². The number of carbonyl (C=O) groups excluding carboxylic acids is 3. The topological polar surface area (TPSA) is 78.5 Å². The number of carbonyl (C=O) groups is 3. The highest BCUT2D eigenvalue weighted by atomic mass is 16.2. The third kappa shape index (κ3) is 2.05. The second kappa shape index (κ2) is 5.77. The van der Waals surface area contributed by atoms with E-state index in [1.165, 1.54) is 4.90 Å². The van der Waals surface area contributed by atoms with Crippen molar-refractivity contribution in [1.29, 1.82) is 0 Å². The standard InChI is InChI=1S/C20H23N3O3/c1-4-9-23-17(24)15-14(10-11(2)3)22-20(16(15)18(23)25)12-7-5-6-8-13(12)21-19(20)26/h4-8,11,14-16,22H,1,9-10H2,2-3H3,(H,21,26)/t14-,15+,16+,20+/m0/s1. The first-order chi connectivity index (χ1) is 12.4. The molecule has 0 aromatic heterocycles. The van der Waals surface area contributed by atoms with E-state index in [9.17, 15) is 14.4 Å². The molecule has 3 aliphatic rings. The monoisotopic (exact) mass is 353 g/mol. The predicted molar refractivity (Wildman–Crippen MR) is 97.0 cm³/mol. The third-order valence-electron chi connectivity index (χ3n) is 5.75. The maximum atomic E-state index is 13.2. The van der Waals surface area contributed by atoms with Crippen molar-refractivity contribution < 1.29 is 14.4 Å². The van der Waals surface area contributed by atoms with Crippen LogP contribution in [0.4, 0.5) is 5.69 Å². The van der Waals surface area contributed by atoms with Gasteiger partial charge in [-0.25, -0.2) is 0 Å². The minimum atomic E-state index is -1.18. The summed E-state index contributed by atoms with van der Waals surface area (Å²) in [5.41, 5.74) is 0.285. The summed E-state index contributed by atoms with van der Waals surface area (Å²) in [4.78, 5) is 40.5. The van der Waals surface area contributed by atoms with Gasteiger partial charge >= 0.3 is 0 Å². The normalized spacial score (nSPS) is 32.3. The lowest BCUT2D eigenvalue weighted by molar-refractivity contribution is -0.142. The summed E-state index contributed by atoms with van der Waals surface area (Å²) in [5, 5.41) is 6.32. The molecule has 4 atom stereocenters. The summed E-state index contributed by atoms with van der Waals surface area (Å²) in [6, 6.07) is 7.18. The highest BCUT2D eigenvalue weighted by Gasteiger charge is 2.70. The molecule has 6 heteroatoms. The molecule has 0 aliphatic carbocycles. The van der Waals surface area contributed by atoms with E-state index in [0.29, 0.717) is 11.6 Å². The van der Waals surface area contributed by atoms with Gasteiger partial charge < -0.3 is 5.32 Å². The number of nitrogens with zero attached hydrogens (tertiary/aromatic N) is 1. The van der Waals surface area contributed by atoms with Crippen LogP contribution in [0.3, 0.4) is 0 Å². The molecule has 26 heavy (non-hydrogen) atoms. The molecule has 3 amide bonds. The van der Waals surface area contributed by atoms with Crippen LogP contribution < -0.4 is 10.6 Å². The van der Waals surface area contributed by atoms with Crippen LogP contribution in [0, 0.1) is 17.8 Å². The largest absolute Gasteiger partial charge is 0.324 e. The van der Waals surface area contributed by atoms with E-state index in [1.54, 1.807) is 6.08 Å². The number of fused-ring (bicyclic) bond motifs is 4. The second-order valence-corrected chi connectivity index (χ2v) is 7.77. The van der Waals surface area contributed by atoms with Crippen molar-refractivity contribution in [2.24, 2.45) is 17.8 Å². The van der Waals surface area contributed by atoms with E-state index < -0.39 is 17.4 Å². The Morgan fingerprint density at radius 2 is 1.96 bits per heavy atom. The molecular weight excluding hydrogens is 330 g/mol. The van der Waals surface area contributed by atoms with Crippen molar-refractivity contribution in [3.05, 3.63) is 42.5 Å². The third-order valence-corrected chi connectivity index (χ3v) is 5.75. The van der Waals surface area contributed by atoms with Crippen LogP contribution in [0.1, 0.15) is 25.8 Å². The first-order valence-corrected chi connectivity index (χ1v) is 9.06. The lowest BCUT2D eigenvalue weighted by atomic mass is 9.76. The number of rotatable bonds is 4. The van der Waals surface area contributed by atoms with Gasteiger partial charge in [-0.15, -0.1) is 6.58 Å². The molecule has 1 aromatic carbocycles. The average molecular weight is 353 g/mol. The minimum Gasteiger partial charge on any atom is -0.324 e. The van der Waals surface area contributed by atoms with Crippen LogP contribution in [-0.4, -0.2) is 35.2 Å². The van der Waals surface area contributed by atoms with E-state index in [0.717, 1.165) is 12.0 Å². The number of likely N-dealkylation sites (tertiary alicyclic amines) is 1. The Morgan fingerprint density at radius 3 is 2.65 bits per heavy atom. The van der Waals surface area contributed by atoms with Crippen LogP contribution in [-0.2, 0) is 19.9 Å². The summed E-state index contributed by atoms with van der Waals surface area (Å²) in [6.45, 7) is 7.99. The Morgan fingerprint density at radius 1 is 1.23 bits per heavy atom. The van der Waals surface area contributed by atoms with E-state index in [4.69, 9.17) is 0 Å². The fourth-order valence-electron chi connectivity index (χ4n) is 4.84. The quantitative estimate of drug-likeness (QED) is 0.637. The summed E-state index contributed by atoms with van der Waals surface area (Å²) in [7, 11) is 0. The van der Waals surface area contributed by atoms with Crippen molar-refractivity contribution in [2.45, 2.75) is 31.8 Å². The molecule has 3 aliphatic heterocycles. The maximum absolute atomic E-state index is 13.2. The molecule has 4 rings (SSSR count). The Kier molecular flexibility index (Phi) is 3.77. The highest BCUT2D eigenvalue weighted by Crippen LogP contribution is 2.53. The van der Waals surface area contributed by atoms with Gasteiger partial charge in [0, 0.05) is 23.8 Å². The van der Waals surface area contributed by atoms with Crippen LogP contribution >= 0.6 is 0 Å². The Labute approximate surface area is 152 Å². The second-order valence-electron chi connectivity index (χ2n) is 7.77. The Bertz CT molecular complexity index is 818. The van der Waals surface area contributed by atoms with E-state index >= 15 is 0 Å². The summed E-state index contributed by atoms with van der Waals surface area (Å²) < 4.78 is 0. The van der Waals surface area contributed by atoms with Crippen LogP contribution in [0.5, 0.6) is 0 Å². The first kappa shape index (κ1) is 17.0. The van der Waals surface area contributed by atoms with Gasteiger partial charge in [0.15, 0.2) is 0 Å². The molecule has 0 radical (unpaired) electrons. The van der Waals surface area contributed by atoms with Gasteiger partial charge in [-0.3, -0.25) is 24.6 Å². The Balaban J connectivity index is 1.87. The van der Waals surface area contributed by atoms with Gasteiger partial charge in [-0.2, -0.15) is 0 Å². The molecule has 1 aromatic rings. The van der Waals surface area contributed by atoms with Crippen molar-refractivity contribution >= 4 is 23.4 Å². The number of imide groups is 1. The molecule has 1 spiro atoms. The SMILES string of the molecule is C=CCN1C(=O)[C@@H]2[C@H](CC(C)C)N[C@@]3(C(=O)Nc4ccccc43)[C@H]2C1=O. The number of hydrogen-bond acceptors (Lipinski definition) is 4. The summed E-state index contributed by atoms with van der Waals surface area (Å²) in [5.74, 6) is -1.65. The van der Waals surface area contributed by atoms with Crippen LogP contribution in [0.15, 0.2) is 36.9 Å². The summed E-state index contributed by atoms with van der Waals surface area (Å²) in [6.07, 6.45) is 2.27. The number of amides is 3. The molecule has 6 nitrogen and oxygen atoms in total. The number of anilines is 1. The molecule has 2 N–H and O–H groups in total. The number of nitrogens with one attached hydrogen (secondary N) is 2. The predicted octanol–water partition coefficient (Wildman–Crippen LogP) is 1.64. The first-order valence-electron chi connectivity index (χ1n) is 9.06. The fourth-order valence-corrected chi connectivity index (χ4v) is 4.84. The molecular formula is C20H23N3O3. The molecule has 0 unspecified atom stereocenters. The molecule has 2 fully saturated rings. The minimum absolute atomic E-state index is 0.179. The molecule has 136 valence electrons. The molecule has 2 saturated heterocycles. The van der Waals surface area contributed by atoms with Gasteiger partial charge in [0.1, 0.15) is 5.54 Å². The van der Waals surface area contributed by atoms with E-state index in [1.807, 2.05) is 24.3 Å². The van der Waals surface area contributed by atoms with Crippen LogP contribution in [0.2, 0.25) is 0 Å². The molecule has 0 saturated carbocycles. The number of hydrogen-bond donors (Lipinski definition) is 2. The zero-order valence-electron chi connectivity index (χ0n) is 15.0. The molecule has 0 bridgehead atoms. The van der Waals surface area contributed by atoms with Gasteiger partial charge in [-0.1, -0.05) is 38.1 Å². The van der Waals surface area contributed by atoms with Crippen molar-refractivity contribution in [3.8, 4) is 0 Å². The zero-order valence-corrected chi connectivity index (χ0v) is 15.0. The number of para-hydroxylation sites is 1. The van der Waals surface area contributed by atoms with E-state index in [-0.39, 0.29) is 30.3 Å². The van der Waals surface area contributed by atoms with Crippen molar-refractivity contribution in [1.82, 2.24) is 10.2 Å². The van der Waals surface area contributed by atoms with Gasteiger partial charge in [-0.05, 0) is 18.4 Å². The van der Waals surface area contributed by atoms with Crippen molar-refractivity contribution in [3.63, 3.8) is 0 Å². The van der Waals surface area contributed by atoms with Gasteiger partial charge in [0.05, 0.1) is 11.8 Å². The lowest BCUT2D eigenvalue weighted by Crippen LogP contribution is -2.53. The lowest BCUT2D eigenvalue weighted by Gasteiger charge is -2.29. The fraction of sp³-hybridized carbons (Fsp3) is 0.450. The smallest absolute Gasteiger partial charge is 0.250 e. The zero-order chi connectivity index (χ0) is 18.6. The van der Waals surface area contributed by atoms with Crippen LogP contribution in [0.25, 0.3) is 0 Å². The summed E-state index contributed by atoms with van der Waals surface area (Å²) >= 11 is 0. The van der Waals surface area contributed by atoms with E-state index in [2.05, 4.69) is 31.1 Å². The number of benzene rings is 1. The maximum Gasteiger partial charge on any atom is 0.250 e. The molecule has 3 heterocycles. The highest BCUT2D eigenvalue weighted by molar-refractivity contribution is 6.15. The van der Waals surface area contributed by atoms with Crippen molar-refractivity contribution in [2.75, 3.05) is 11.9 Å². The average Bonchev–Trinajstić information content (AvgIpc) is 3.15. The Hall–Kier alpha value is -2.47. The van der Waals surface area contributed by atoms with Gasteiger partial charge in [0.25, 0.3) is 0 Å².